The number of methoxy groups -OCH3 is 1. The quantitative estimate of drug-likeness (QED) is 0.514. The second-order valence-electron chi connectivity index (χ2n) is 8.64. The van der Waals surface area contributed by atoms with Crippen molar-refractivity contribution >= 4 is 50.1 Å². The molecule has 2 aromatic rings. The average molecular weight is 547 g/mol. The standard InChI is InChI=1S/C25H30N4O6S2/c1-18(17-34-2)29-24(31)22(16-23(30)26-19-6-4-3-5-7-19)36-25(29)27-20-8-10-21(11-9-20)37(32,33)28-12-14-35-15-13-28/h3-11,18,22H,12-17H2,1-2H3,(H,26,30)/t18-,22-/m1/s1. The van der Waals surface area contributed by atoms with Crippen LogP contribution >= 0.6 is 11.8 Å². The number of rotatable bonds is 9. The molecule has 0 bridgehead atoms. The summed E-state index contributed by atoms with van der Waals surface area (Å²) < 4.78 is 37.7. The molecule has 198 valence electrons. The van der Waals surface area contributed by atoms with Crippen molar-refractivity contribution in [2.24, 2.45) is 4.99 Å². The number of carbonyl (C=O) groups excluding carboxylic acids is 2. The third kappa shape index (κ3) is 6.57. The molecule has 37 heavy (non-hydrogen) atoms. The number of hydrogen-bond donors (Lipinski definition) is 1. The molecule has 0 saturated carbocycles. The summed E-state index contributed by atoms with van der Waals surface area (Å²) in [5.74, 6) is -0.488. The largest absolute Gasteiger partial charge is 0.383 e. The zero-order valence-corrected chi connectivity index (χ0v) is 22.3. The molecule has 2 amide bonds. The number of carbonyl (C=O) groups is 2. The first-order chi connectivity index (χ1) is 17.8. The van der Waals surface area contributed by atoms with Crippen LogP contribution in [0, 0.1) is 0 Å². The van der Waals surface area contributed by atoms with Crippen LogP contribution in [0.5, 0.6) is 0 Å². The van der Waals surface area contributed by atoms with Gasteiger partial charge in [0.1, 0.15) is 5.25 Å². The van der Waals surface area contributed by atoms with Gasteiger partial charge in [-0.05, 0) is 43.3 Å². The Morgan fingerprint density at radius 3 is 2.49 bits per heavy atom. The molecule has 0 unspecified atom stereocenters. The summed E-state index contributed by atoms with van der Waals surface area (Å²) in [5.41, 5.74) is 1.16. The van der Waals surface area contributed by atoms with Crippen LogP contribution in [-0.2, 0) is 29.1 Å². The van der Waals surface area contributed by atoms with E-state index in [1.807, 2.05) is 25.1 Å². The van der Waals surface area contributed by atoms with Crippen molar-refractivity contribution in [3.63, 3.8) is 0 Å². The molecular formula is C25H30N4O6S2. The van der Waals surface area contributed by atoms with Crippen molar-refractivity contribution in [3.05, 3.63) is 54.6 Å². The van der Waals surface area contributed by atoms with Crippen molar-refractivity contribution < 1.29 is 27.5 Å². The number of nitrogens with one attached hydrogen (secondary N) is 1. The van der Waals surface area contributed by atoms with Crippen molar-refractivity contribution in [2.75, 3.05) is 45.3 Å². The minimum Gasteiger partial charge on any atom is -0.383 e. The predicted molar refractivity (Wildman–Crippen MR) is 142 cm³/mol. The number of hydrogen-bond acceptors (Lipinski definition) is 8. The van der Waals surface area contributed by atoms with E-state index >= 15 is 0 Å². The summed E-state index contributed by atoms with van der Waals surface area (Å²) in [6.45, 7) is 3.52. The van der Waals surface area contributed by atoms with Gasteiger partial charge in [0, 0.05) is 32.3 Å². The third-order valence-electron chi connectivity index (χ3n) is 5.91. The lowest BCUT2D eigenvalue weighted by Gasteiger charge is -2.26. The number of amidine groups is 1. The molecule has 2 atom stereocenters. The Morgan fingerprint density at radius 2 is 1.84 bits per heavy atom. The molecule has 1 N–H and O–H groups in total. The maximum absolute atomic E-state index is 13.3. The van der Waals surface area contributed by atoms with Gasteiger partial charge in [0.15, 0.2) is 5.17 Å². The van der Waals surface area contributed by atoms with Crippen molar-refractivity contribution in [1.82, 2.24) is 9.21 Å². The van der Waals surface area contributed by atoms with E-state index in [4.69, 9.17) is 9.47 Å². The SMILES string of the molecule is COC[C@@H](C)N1C(=O)[C@@H](CC(=O)Nc2ccccc2)SC1=Nc1ccc(S(=O)(=O)N2CCOCC2)cc1. The number of nitrogens with zero attached hydrogens (tertiary/aromatic N) is 3. The Labute approximate surface area is 221 Å². The second kappa shape index (κ2) is 12.2. The van der Waals surface area contributed by atoms with E-state index in [1.54, 1.807) is 36.3 Å². The molecule has 2 aromatic carbocycles. The Bertz CT molecular complexity index is 1230. The number of anilines is 1. The molecule has 2 fully saturated rings. The molecule has 2 aliphatic rings. The van der Waals surface area contributed by atoms with E-state index in [1.165, 1.54) is 28.2 Å². The second-order valence-corrected chi connectivity index (χ2v) is 11.7. The van der Waals surface area contributed by atoms with Crippen LogP contribution in [0.25, 0.3) is 0 Å². The Morgan fingerprint density at radius 1 is 1.16 bits per heavy atom. The summed E-state index contributed by atoms with van der Waals surface area (Å²) in [4.78, 5) is 32.2. The lowest BCUT2D eigenvalue weighted by atomic mass is 10.2. The minimum absolute atomic E-state index is 0.00958. The number of thioether (sulfide) groups is 1. The highest BCUT2D eigenvalue weighted by molar-refractivity contribution is 8.15. The maximum atomic E-state index is 13.3. The fourth-order valence-corrected chi connectivity index (χ4v) is 6.71. The van der Waals surface area contributed by atoms with Gasteiger partial charge in [-0.3, -0.25) is 14.5 Å². The van der Waals surface area contributed by atoms with Gasteiger partial charge < -0.3 is 14.8 Å². The van der Waals surface area contributed by atoms with Gasteiger partial charge in [-0.1, -0.05) is 30.0 Å². The average Bonchev–Trinajstić information content (AvgIpc) is 3.19. The number of benzene rings is 2. The monoisotopic (exact) mass is 546 g/mol. The molecule has 2 heterocycles. The Balaban J connectivity index is 1.52. The zero-order valence-electron chi connectivity index (χ0n) is 20.7. The first-order valence-corrected chi connectivity index (χ1v) is 14.2. The number of ether oxygens (including phenoxy) is 2. The maximum Gasteiger partial charge on any atom is 0.243 e. The molecule has 0 spiro atoms. The van der Waals surface area contributed by atoms with E-state index in [0.717, 1.165) is 0 Å². The normalized spacial score (nSPS) is 20.8. The molecule has 2 saturated heterocycles. The Kier molecular flexibility index (Phi) is 8.98. The fourth-order valence-electron chi connectivity index (χ4n) is 4.06. The number of sulfonamides is 1. The number of para-hydroxylation sites is 1. The van der Waals surface area contributed by atoms with Crippen molar-refractivity contribution in [1.29, 1.82) is 0 Å². The van der Waals surface area contributed by atoms with Crippen LogP contribution in [0.15, 0.2) is 64.5 Å². The molecule has 0 aliphatic carbocycles. The van der Waals surface area contributed by atoms with Gasteiger partial charge in [-0.25, -0.2) is 13.4 Å². The highest BCUT2D eigenvalue weighted by Crippen LogP contribution is 2.34. The first-order valence-electron chi connectivity index (χ1n) is 11.9. The lowest BCUT2D eigenvalue weighted by Crippen LogP contribution is -2.42. The Hall–Kier alpha value is -2.77. The van der Waals surface area contributed by atoms with Crippen LogP contribution in [-0.4, -0.2) is 85.9 Å². The van der Waals surface area contributed by atoms with E-state index in [0.29, 0.717) is 49.5 Å². The highest BCUT2D eigenvalue weighted by Gasteiger charge is 2.41. The van der Waals surface area contributed by atoms with E-state index < -0.39 is 15.3 Å². The van der Waals surface area contributed by atoms with Gasteiger partial charge in [0.25, 0.3) is 0 Å². The summed E-state index contributed by atoms with van der Waals surface area (Å²) in [5, 5.41) is 2.62. The van der Waals surface area contributed by atoms with Crippen LogP contribution in [0.3, 0.4) is 0 Å². The summed E-state index contributed by atoms with van der Waals surface area (Å²) in [7, 11) is -2.07. The summed E-state index contributed by atoms with van der Waals surface area (Å²) >= 11 is 1.22. The molecular weight excluding hydrogens is 516 g/mol. The lowest BCUT2D eigenvalue weighted by molar-refractivity contribution is -0.130. The third-order valence-corrected chi connectivity index (χ3v) is 8.98. The minimum atomic E-state index is -3.62. The fraction of sp³-hybridized carbons (Fsp3) is 0.400. The van der Waals surface area contributed by atoms with Crippen molar-refractivity contribution in [3.8, 4) is 0 Å². The number of morpholine rings is 1. The smallest absolute Gasteiger partial charge is 0.243 e. The predicted octanol–water partition coefficient (Wildman–Crippen LogP) is 2.70. The summed E-state index contributed by atoms with van der Waals surface area (Å²) in [6.07, 6.45) is -0.00958. The molecule has 0 radical (unpaired) electrons. The van der Waals surface area contributed by atoms with Crippen LogP contribution in [0.1, 0.15) is 13.3 Å². The van der Waals surface area contributed by atoms with Gasteiger partial charge in [0.2, 0.25) is 21.8 Å². The molecule has 4 rings (SSSR count). The zero-order chi connectivity index (χ0) is 26.4. The van der Waals surface area contributed by atoms with Crippen LogP contribution in [0.2, 0.25) is 0 Å². The van der Waals surface area contributed by atoms with Gasteiger partial charge in [0.05, 0.1) is 36.4 Å². The first kappa shape index (κ1) is 27.3. The molecule has 0 aromatic heterocycles. The van der Waals surface area contributed by atoms with Crippen molar-refractivity contribution in [2.45, 2.75) is 29.5 Å². The van der Waals surface area contributed by atoms with E-state index in [9.17, 15) is 18.0 Å². The van der Waals surface area contributed by atoms with E-state index in [-0.39, 0.29) is 29.2 Å². The van der Waals surface area contributed by atoms with Crippen LogP contribution < -0.4 is 5.32 Å². The van der Waals surface area contributed by atoms with E-state index in [2.05, 4.69) is 10.3 Å². The van der Waals surface area contributed by atoms with Gasteiger partial charge in [-0.2, -0.15) is 4.31 Å². The molecule has 10 nitrogen and oxygen atoms in total. The molecule has 2 aliphatic heterocycles. The number of aliphatic imine (C=N–C) groups is 1. The summed E-state index contributed by atoms with van der Waals surface area (Å²) in [6, 6.07) is 15.0. The molecule has 12 heteroatoms. The van der Waals surface area contributed by atoms with Gasteiger partial charge >= 0.3 is 0 Å². The number of amides is 2. The highest BCUT2D eigenvalue weighted by atomic mass is 32.2. The van der Waals surface area contributed by atoms with Gasteiger partial charge in [-0.15, -0.1) is 0 Å². The topological polar surface area (TPSA) is 118 Å². The van der Waals surface area contributed by atoms with Crippen LogP contribution in [0.4, 0.5) is 11.4 Å².